The Hall–Kier alpha value is -0.580. The fourth-order valence-corrected chi connectivity index (χ4v) is 1.35. The van der Waals surface area contributed by atoms with E-state index in [9.17, 15) is 0 Å². The number of benzene rings is 1. The maximum absolute atomic E-state index is 5.54. The standard InChI is InChI=1S/C11H15BrO3.C2H6/c1-13-7-11(14-2)8-15-10-5-3-9(12)4-6-10;1-2/h3-6,11H,7-8H2,1-2H3;1-2H3. The van der Waals surface area contributed by atoms with Gasteiger partial charge < -0.3 is 14.2 Å². The van der Waals surface area contributed by atoms with Gasteiger partial charge in [0, 0.05) is 18.7 Å². The molecule has 0 amide bonds. The predicted molar refractivity (Wildman–Crippen MR) is 73.7 cm³/mol. The first-order valence-electron chi connectivity index (χ1n) is 5.66. The molecule has 0 aliphatic heterocycles. The summed E-state index contributed by atoms with van der Waals surface area (Å²) in [6.07, 6.45) is -0.0290. The SMILES string of the molecule is CC.COCC(COc1ccc(Br)cc1)OC. The van der Waals surface area contributed by atoms with Gasteiger partial charge in [-0.25, -0.2) is 0 Å². The van der Waals surface area contributed by atoms with Crippen molar-refractivity contribution < 1.29 is 14.2 Å². The molecule has 0 N–H and O–H groups in total. The highest BCUT2D eigenvalue weighted by molar-refractivity contribution is 9.10. The largest absolute Gasteiger partial charge is 0.491 e. The van der Waals surface area contributed by atoms with E-state index in [-0.39, 0.29) is 6.10 Å². The van der Waals surface area contributed by atoms with E-state index in [1.54, 1.807) is 14.2 Å². The Labute approximate surface area is 112 Å². The summed E-state index contributed by atoms with van der Waals surface area (Å²) in [5.41, 5.74) is 0. The van der Waals surface area contributed by atoms with Crippen molar-refractivity contribution in [2.45, 2.75) is 20.0 Å². The second-order valence-electron chi connectivity index (χ2n) is 3.08. The van der Waals surface area contributed by atoms with Crippen molar-refractivity contribution in [3.05, 3.63) is 28.7 Å². The number of rotatable bonds is 6. The minimum absolute atomic E-state index is 0.0290. The minimum atomic E-state index is -0.0290. The molecule has 0 spiro atoms. The van der Waals surface area contributed by atoms with Crippen LogP contribution in [0.3, 0.4) is 0 Å². The summed E-state index contributed by atoms with van der Waals surface area (Å²) in [6, 6.07) is 7.69. The van der Waals surface area contributed by atoms with E-state index in [2.05, 4.69) is 15.9 Å². The molecule has 1 unspecified atom stereocenters. The van der Waals surface area contributed by atoms with Crippen LogP contribution in [0.25, 0.3) is 0 Å². The van der Waals surface area contributed by atoms with E-state index >= 15 is 0 Å². The maximum atomic E-state index is 5.54. The topological polar surface area (TPSA) is 27.7 Å². The Kier molecular flexibility index (Phi) is 10.2. The second kappa shape index (κ2) is 10.6. The summed E-state index contributed by atoms with van der Waals surface area (Å²) < 4.78 is 16.7. The van der Waals surface area contributed by atoms with Gasteiger partial charge in [-0.3, -0.25) is 0 Å². The van der Waals surface area contributed by atoms with Crippen LogP contribution in [-0.4, -0.2) is 33.5 Å². The summed E-state index contributed by atoms with van der Waals surface area (Å²) in [7, 11) is 3.29. The van der Waals surface area contributed by atoms with Crippen molar-refractivity contribution in [2.24, 2.45) is 0 Å². The molecule has 1 rings (SSSR count). The van der Waals surface area contributed by atoms with Crippen LogP contribution in [0.4, 0.5) is 0 Å². The summed E-state index contributed by atoms with van der Waals surface area (Å²) in [4.78, 5) is 0. The van der Waals surface area contributed by atoms with Crippen LogP contribution < -0.4 is 4.74 Å². The molecule has 0 bridgehead atoms. The lowest BCUT2D eigenvalue weighted by atomic mass is 10.3. The molecule has 0 fully saturated rings. The molecule has 98 valence electrons. The monoisotopic (exact) mass is 304 g/mol. The molecule has 1 aromatic rings. The number of hydrogen-bond acceptors (Lipinski definition) is 3. The van der Waals surface area contributed by atoms with Crippen LogP contribution in [0, 0.1) is 0 Å². The lowest BCUT2D eigenvalue weighted by Crippen LogP contribution is -2.25. The fraction of sp³-hybridized carbons (Fsp3) is 0.538. The van der Waals surface area contributed by atoms with Crippen LogP contribution in [0.2, 0.25) is 0 Å². The van der Waals surface area contributed by atoms with Crippen molar-refractivity contribution in [2.75, 3.05) is 27.4 Å². The van der Waals surface area contributed by atoms with E-state index in [1.165, 1.54) is 0 Å². The van der Waals surface area contributed by atoms with Gasteiger partial charge in [0.1, 0.15) is 18.5 Å². The molecule has 0 aliphatic rings. The van der Waals surface area contributed by atoms with Crippen molar-refractivity contribution >= 4 is 15.9 Å². The Morgan fingerprint density at radius 3 is 2.12 bits per heavy atom. The Bertz CT molecular complexity index is 274. The van der Waals surface area contributed by atoms with Crippen LogP contribution in [0.5, 0.6) is 5.75 Å². The van der Waals surface area contributed by atoms with Crippen LogP contribution in [-0.2, 0) is 9.47 Å². The van der Waals surface area contributed by atoms with E-state index in [1.807, 2.05) is 38.1 Å². The summed E-state index contributed by atoms with van der Waals surface area (Å²) in [5, 5.41) is 0. The molecule has 4 heteroatoms. The molecule has 0 saturated carbocycles. The lowest BCUT2D eigenvalue weighted by Gasteiger charge is -2.15. The van der Waals surface area contributed by atoms with Crippen LogP contribution in [0.1, 0.15) is 13.8 Å². The quantitative estimate of drug-likeness (QED) is 0.805. The molecule has 1 atom stereocenters. The first-order chi connectivity index (χ1) is 8.26. The fourth-order valence-electron chi connectivity index (χ4n) is 1.09. The highest BCUT2D eigenvalue weighted by Gasteiger charge is 2.07. The van der Waals surface area contributed by atoms with Gasteiger partial charge in [-0.05, 0) is 24.3 Å². The lowest BCUT2D eigenvalue weighted by molar-refractivity contribution is 0.000874. The highest BCUT2D eigenvalue weighted by Crippen LogP contribution is 2.16. The Balaban J connectivity index is 0.00000121. The summed E-state index contributed by atoms with van der Waals surface area (Å²) in [5.74, 6) is 0.830. The number of methoxy groups -OCH3 is 2. The highest BCUT2D eigenvalue weighted by atomic mass is 79.9. The zero-order valence-corrected chi connectivity index (χ0v) is 12.5. The number of ether oxygens (including phenoxy) is 3. The molecular formula is C13H21BrO3. The molecule has 0 aromatic heterocycles. The molecule has 0 heterocycles. The molecular weight excluding hydrogens is 284 g/mol. The molecule has 17 heavy (non-hydrogen) atoms. The van der Waals surface area contributed by atoms with Crippen LogP contribution >= 0.6 is 15.9 Å². The third kappa shape index (κ3) is 7.36. The smallest absolute Gasteiger partial charge is 0.119 e. The average molecular weight is 305 g/mol. The van der Waals surface area contributed by atoms with Crippen molar-refractivity contribution in [1.82, 2.24) is 0 Å². The van der Waals surface area contributed by atoms with Gasteiger partial charge in [0.05, 0.1) is 6.61 Å². The van der Waals surface area contributed by atoms with Gasteiger partial charge in [0.2, 0.25) is 0 Å². The maximum Gasteiger partial charge on any atom is 0.119 e. The van der Waals surface area contributed by atoms with Gasteiger partial charge in [-0.1, -0.05) is 29.8 Å². The summed E-state index contributed by atoms with van der Waals surface area (Å²) >= 11 is 3.36. The first kappa shape index (κ1) is 16.4. The van der Waals surface area contributed by atoms with Gasteiger partial charge in [0.15, 0.2) is 0 Å². The van der Waals surface area contributed by atoms with Gasteiger partial charge in [-0.2, -0.15) is 0 Å². The Morgan fingerprint density at radius 2 is 1.65 bits per heavy atom. The second-order valence-corrected chi connectivity index (χ2v) is 3.99. The van der Waals surface area contributed by atoms with E-state index in [0.717, 1.165) is 10.2 Å². The molecule has 0 aliphatic carbocycles. The molecule has 0 radical (unpaired) electrons. The summed E-state index contributed by atoms with van der Waals surface area (Å²) in [6.45, 7) is 5.03. The Morgan fingerprint density at radius 1 is 1.06 bits per heavy atom. The number of hydrogen-bond donors (Lipinski definition) is 0. The minimum Gasteiger partial charge on any atom is -0.491 e. The van der Waals surface area contributed by atoms with Crippen molar-refractivity contribution in [1.29, 1.82) is 0 Å². The first-order valence-corrected chi connectivity index (χ1v) is 6.45. The van der Waals surface area contributed by atoms with Crippen LogP contribution in [0.15, 0.2) is 28.7 Å². The van der Waals surface area contributed by atoms with Gasteiger partial charge in [0.25, 0.3) is 0 Å². The van der Waals surface area contributed by atoms with Crippen molar-refractivity contribution in [3.8, 4) is 5.75 Å². The normalized spacial score (nSPS) is 11.4. The van der Waals surface area contributed by atoms with Crippen molar-refractivity contribution in [3.63, 3.8) is 0 Å². The van der Waals surface area contributed by atoms with E-state index < -0.39 is 0 Å². The molecule has 0 saturated heterocycles. The van der Waals surface area contributed by atoms with E-state index in [0.29, 0.717) is 13.2 Å². The van der Waals surface area contributed by atoms with E-state index in [4.69, 9.17) is 14.2 Å². The molecule has 3 nitrogen and oxygen atoms in total. The van der Waals surface area contributed by atoms with Gasteiger partial charge in [-0.15, -0.1) is 0 Å². The third-order valence-corrected chi connectivity index (χ3v) is 2.46. The predicted octanol–water partition coefficient (Wildman–Crippen LogP) is 3.52. The number of halogens is 1. The zero-order valence-electron chi connectivity index (χ0n) is 10.9. The zero-order chi connectivity index (χ0) is 13.1. The van der Waals surface area contributed by atoms with Gasteiger partial charge >= 0.3 is 0 Å². The average Bonchev–Trinajstić information content (AvgIpc) is 2.39. The third-order valence-electron chi connectivity index (χ3n) is 1.94. The molecule has 1 aromatic carbocycles.